The molecule has 0 aliphatic rings. The van der Waals surface area contributed by atoms with E-state index in [9.17, 15) is 8.42 Å². The largest absolute Gasteiger partial charge is 0.352 e. The molecule has 0 unspecified atom stereocenters. The van der Waals surface area contributed by atoms with Crippen molar-refractivity contribution in [3.05, 3.63) is 59.5 Å². The van der Waals surface area contributed by atoms with Crippen molar-refractivity contribution in [3.63, 3.8) is 0 Å². The van der Waals surface area contributed by atoms with Crippen LogP contribution in [0.15, 0.2) is 52.5 Å². The first-order valence-electron chi connectivity index (χ1n) is 8.41. The Morgan fingerprint density at radius 1 is 1.15 bits per heavy atom. The van der Waals surface area contributed by atoms with Gasteiger partial charge in [-0.05, 0) is 36.2 Å². The molecule has 0 fully saturated rings. The molecule has 3 aromatic rings. The number of aliphatic imine (C=N–C) groups is 1. The van der Waals surface area contributed by atoms with Crippen molar-refractivity contribution < 1.29 is 8.42 Å². The van der Waals surface area contributed by atoms with Crippen LogP contribution < -0.4 is 10.6 Å². The summed E-state index contributed by atoms with van der Waals surface area (Å²) in [5.74, 6) is 1.40. The van der Waals surface area contributed by atoms with Crippen LogP contribution in [0.1, 0.15) is 17.0 Å². The molecule has 0 spiro atoms. The molecule has 0 saturated heterocycles. The van der Waals surface area contributed by atoms with Gasteiger partial charge in [-0.25, -0.2) is 8.42 Å². The van der Waals surface area contributed by atoms with Gasteiger partial charge in [0.2, 0.25) is 0 Å². The summed E-state index contributed by atoms with van der Waals surface area (Å²) in [6, 6.07) is 11.0. The third kappa shape index (κ3) is 4.43. The molecule has 0 saturated carbocycles. The van der Waals surface area contributed by atoms with Gasteiger partial charge in [-0.3, -0.25) is 9.39 Å². The summed E-state index contributed by atoms with van der Waals surface area (Å²) in [6.07, 6.45) is 3.13. The van der Waals surface area contributed by atoms with Crippen LogP contribution in [0.3, 0.4) is 0 Å². The third-order valence-electron chi connectivity index (χ3n) is 4.12. The molecule has 2 heterocycles. The number of hydrogen-bond acceptors (Lipinski definition) is 5. The number of hydrogen-bond donors (Lipinski definition) is 2. The second kappa shape index (κ2) is 7.75. The lowest BCUT2D eigenvalue weighted by atomic mass is 10.1. The van der Waals surface area contributed by atoms with Gasteiger partial charge >= 0.3 is 0 Å². The highest BCUT2D eigenvalue weighted by molar-refractivity contribution is 7.90. The highest BCUT2D eigenvalue weighted by atomic mass is 32.2. The molecule has 9 heteroatoms. The molecule has 0 atom stereocenters. The summed E-state index contributed by atoms with van der Waals surface area (Å²) in [5, 5.41) is 14.7. The summed E-state index contributed by atoms with van der Waals surface area (Å²) in [6.45, 7) is 2.78. The van der Waals surface area contributed by atoms with E-state index in [1.165, 1.54) is 6.26 Å². The van der Waals surface area contributed by atoms with Crippen LogP contribution in [0.25, 0.3) is 5.65 Å². The Labute approximate surface area is 158 Å². The average Bonchev–Trinajstić information content (AvgIpc) is 3.04. The number of guanidine groups is 1. The molecule has 0 aliphatic carbocycles. The summed E-state index contributed by atoms with van der Waals surface area (Å²) in [5.41, 5.74) is 2.49. The van der Waals surface area contributed by atoms with Gasteiger partial charge in [0, 0.05) is 26.0 Å². The predicted molar refractivity (Wildman–Crippen MR) is 104 cm³/mol. The summed E-state index contributed by atoms with van der Waals surface area (Å²) in [7, 11) is -1.52. The smallest absolute Gasteiger partial charge is 0.191 e. The molecular formula is C18H22N6O2S. The lowest BCUT2D eigenvalue weighted by molar-refractivity contribution is 0.601. The number of aryl methyl sites for hydroxylation is 1. The van der Waals surface area contributed by atoms with Crippen molar-refractivity contribution in [2.75, 3.05) is 13.3 Å². The summed E-state index contributed by atoms with van der Waals surface area (Å²) < 4.78 is 25.3. The van der Waals surface area contributed by atoms with Crippen LogP contribution in [0.4, 0.5) is 0 Å². The first-order valence-corrected chi connectivity index (χ1v) is 10.3. The van der Waals surface area contributed by atoms with Crippen LogP contribution in [-0.4, -0.2) is 42.3 Å². The van der Waals surface area contributed by atoms with Crippen LogP contribution in [0, 0.1) is 6.92 Å². The van der Waals surface area contributed by atoms with Gasteiger partial charge in [0.25, 0.3) is 0 Å². The van der Waals surface area contributed by atoms with Gasteiger partial charge < -0.3 is 10.6 Å². The van der Waals surface area contributed by atoms with Crippen molar-refractivity contribution in [2.24, 2.45) is 4.99 Å². The van der Waals surface area contributed by atoms with E-state index in [1.807, 2.05) is 34.9 Å². The van der Waals surface area contributed by atoms with Crippen molar-refractivity contribution in [1.82, 2.24) is 25.2 Å². The van der Waals surface area contributed by atoms with Crippen LogP contribution in [0.5, 0.6) is 0 Å². The summed E-state index contributed by atoms with van der Waals surface area (Å²) >= 11 is 0. The maximum Gasteiger partial charge on any atom is 0.191 e. The van der Waals surface area contributed by atoms with Gasteiger partial charge in [0.05, 0.1) is 11.4 Å². The van der Waals surface area contributed by atoms with Crippen molar-refractivity contribution in [2.45, 2.75) is 24.9 Å². The van der Waals surface area contributed by atoms with Gasteiger partial charge in [-0.2, -0.15) is 0 Å². The van der Waals surface area contributed by atoms with Gasteiger partial charge in [-0.15, -0.1) is 10.2 Å². The standard InChI is InChI=1S/C18H22N6O2S/c1-13-10-14(7-8-15(13)27(3,25)26)11-20-18(19-2)21-12-17-23-22-16-6-4-5-9-24(16)17/h4-10H,11-12H2,1-3H3,(H2,19,20,21). The molecule has 142 valence electrons. The first kappa shape index (κ1) is 18.8. The number of pyridine rings is 1. The Morgan fingerprint density at radius 2 is 1.93 bits per heavy atom. The first-order chi connectivity index (χ1) is 12.9. The molecule has 27 heavy (non-hydrogen) atoms. The lowest BCUT2D eigenvalue weighted by Crippen LogP contribution is -2.36. The Balaban J connectivity index is 1.62. The van der Waals surface area contributed by atoms with E-state index >= 15 is 0 Å². The van der Waals surface area contributed by atoms with E-state index in [2.05, 4.69) is 25.8 Å². The second-order valence-corrected chi connectivity index (χ2v) is 8.18. The fourth-order valence-corrected chi connectivity index (χ4v) is 3.78. The quantitative estimate of drug-likeness (QED) is 0.506. The number of fused-ring (bicyclic) bond motifs is 1. The SMILES string of the molecule is CN=C(NCc1ccc(S(C)(=O)=O)c(C)c1)NCc1nnc2ccccn12. The zero-order chi connectivity index (χ0) is 19.4. The molecule has 3 rings (SSSR count). The lowest BCUT2D eigenvalue weighted by Gasteiger charge is -2.12. The number of sulfone groups is 1. The normalized spacial score (nSPS) is 12.3. The molecule has 0 bridgehead atoms. The Bertz CT molecular complexity index is 1090. The van der Waals surface area contributed by atoms with Gasteiger partial charge in [0.1, 0.15) is 0 Å². The molecule has 0 amide bonds. The molecule has 2 aromatic heterocycles. The minimum atomic E-state index is -3.21. The minimum absolute atomic E-state index is 0.354. The fraction of sp³-hybridized carbons (Fsp3) is 0.278. The zero-order valence-corrected chi connectivity index (χ0v) is 16.3. The Hall–Kier alpha value is -2.94. The molecule has 0 radical (unpaired) electrons. The summed E-state index contributed by atoms with van der Waals surface area (Å²) in [4.78, 5) is 4.56. The van der Waals surface area contributed by atoms with E-state index in [0.717, 1.165) is 22.6 Å². The fourth-order valence-electron chi connectivity index (χ4n) is 2.82. The Morgan fingerprint density at radius 3 is 2.63 bits per heavy atom. The Kier molecular flexibility index (Phi) is 5.41. The van der Waals surface area contributed by atoms with E-state index in [4.69, 9.17) is 0 Å². The van der Waals surface area contributed by atoms with Crippen LogP contribution in [-0.2, 0) is 22.9 Å². The van der Waals surface area contributed by atoms with E-state index in [0.29, 0.717) is 23.9 Å². The molecule has 1 aromatic carbocycles. The van der Waals surface area contributed by atoms with E-state index in [1.54, 1.807) is 26.1 Å². The second-order valence-electron chi connectivity index (χ2n) is 6.20. The van der Waals surface area contributed by atoms with Crippen LogP contribution in [0.2, 0.25) is 0 Å². The third-order valence-corrected chi connectivity index (χ3v) is 5.38. The van der Waals surface area contributed by atoms with Gasteiger partial charge in [0.15, 0.2) is 27.3 Å². The maximum atomic E-state index is 11.7. The van der Waals surface area contributed by atoms with E-state index in [-0.39, 0.29) is 0 Å². The van der Waals surface area contributed by atoms with Crippen LogP contribution >= 0.6 is 0 Å². The molecular weight excluding hydrogens is 364 g/mol. The molecule has 0 aliphatic heterocycles. The number of nitrogens with zero attached hydrogens (tertiary/aromatic N) is 4. The number of aromatic nitrogens is 3. The topological polar surface area (TPSA) is 101 Å². The molecule has 8 nitrogen and oxygen atoms in total. The monoisotopic (exact) mass is 386 g/mol. The number of rotatable bonds is 5. The zero-order valence-electron chi connectivity index (χ0n) is 15.5. The van der Waals surface area contributed by atoms with Crippen molar-refractivity contribution >= 4 is 21.4 Å². The maximum absolute atomic E-state index is 11.7. The number of nitrogens with one attached hydrogen (secondary N) is 2. The molecule has 2 N–H and O–H groups in total. The highest BCUT2D eigenvalue weighted by Gasteiger charge is 2.11. The van der Waals surface area contributed by atoms with E-state index < -0.39 is 9.84 Å². The predicted octanol–water partition coefficient (Wildman–Crippen LogP) is 1.31. The average molecular weight is 386 g/mol. The number of benzene rings is 1. The minimum Gasteiger partial charge on any atom is -0.352 e. The van der Waals surface area contributed by atoms with Gasteiger partial charge in [-0.1, -0.05) is 18.2 Å². The van der Waals surface area contributed by atoms with Crippen molar-refractivity contribution in [1.29, 1.82) is 0 Å². The van der Waals surface area contributed by atoms with Crippen molar-refractivity contribution in [3.8, 4) is 0 Å². The highest BCUT2D eigenvalue weighted by Crippen LogP contribution is 2.16.